The Morgan fingerprint density at radius 2 is 1.75 bits per heavy atom. The Labute approximate surface area is 122 Å². The monoisotopic (exact) mass is 291 g/mol. The van der Waals surface area contributed by atoms with E-state index in [4.69, 9.17) is 21.1 Å². The van der Waals surface area contributed by atoms with E-state index in [1.807, 2.05) is 12.1 Å². The Kier molecular flexibility index (Phi) is 4.48. The van der Waals surface area contributed by atoms with E-state index in [0.717, 1.165) is 0 Å². The van der Waals surface area contributed by atoms with Crippen molar-refractivity contribution in [2.24, 2.45) is 0 Å². The number of carbonyl (C=O) groups excluding carboxylic acids is 1. The zero-order valence-electron chi connectivity index (χ0n) is 11.1. The number of amides is 1. The van der Waals surface area contributed by atoms with Gasteiger partial charge in [0.05, 0.1) is 25.5 Å². The summed E-state index contributed by atoms with van der Waals surface area (Å²) in [4.78, 5) is 12.3. The molecule has 0 aliphatic rings. The highest BCUT2D eigenvalue weighted by Gasteiger charge is 2.14. The van der Waals surface area contributed by atoms with Crippen molar-refractivity contribution in [1.82, 2.24) is 0 Å². The lowest BCUT2D eigenvalue weighted by Gasteiger charge is -2.12. The summed E-state index contributed by atoms with van der Waals surface area (Å²) in [5.41, 5.74) is 0.952. The first kappa shape index (κ1) is 14.2. The molecule has 5 heteroatoms. The topological polar surface area (TPSA) is 47.6 Å². The smallest absolute Gasteiger partial charge is 0.259 e. The molecular weight excluding hydrogens is 278 g/mol. The van der Waals surface area contributed by atoms with E-state index in [2.05, 4.69) is 5.32 Å². The molecule has 0 saturated heterocycles. The number of anilines is 1. The zero-order valence-corrected chi connectivity index (χ0v) is 11.9. The fourth-order valence-corrected chi connectivity index (χ4v) is 1.97. The molecule has 0 saturated carbocycles. The minimum absolute atomic E-state index is 0.311. The Morgan fingerprint density at radius 3 is 2.45 bits per heavy atom. The molecule has 2 aromatic carbocycles. The lowest BCUT2D eigenvalue weighted by Crippen LogP contribution is -2.13. The molecule has 1 N–H and O–H groups in total. The third kappa shape index (κ3) is 3.03. The SMILES string of the molecule is COc1ccccc1NC(=O)c1cc(Cl)ccc1OC. The molecular formula is C15H14ClNO3. The van der Waals surface area contributed by atoms with E-state index in [0.29, 0.717) is 27.8 Å². The van der Waals surface area contributed by atoms with Gasteiger partial charge < -0.3 is 14.8 Å². The zero-order chi connectivity index (χ0) is 14.5. The Bertz CT molecular complexity index is 628. The highest BCUT2D eigenvalue weighted by atomic mass is 35.5. The maximum Gasteiger partial charge on any atom is 0.259 e. The van der Waals surface area contributed by atoms with Gasteiger partial charge in [0.2, 0.25) is 0 Å². The molecule has 0 atom stereocenters. The van der Waals surface area contributed by atoms with Crippen LogP contribution in [0, 0.1) is 0 Å². The lowest BCUT2D eigenvalue weighted by molar-refractivity contribution is 0.102. The first-order valence-electron chi connectivity index (χ1n) is 5.93. The fraction of sp³-hybridized carbons (Fsp3) is 0.133. The Hall–Kier alpha value is -2.20. The van der Waals surface area contributed by atoms with Crippen molar-refractivity contribution in [3.63, 3.8) is 0 Å². The van der Waals surface area contributed by atoms with Gasteiger partial charge in [-0.15, -0.1) is 0 Å². The van der Waals surface area contributed by atoms with Crippen molar-refractivity contribution < 1.29 is 14.3 Å². The number of nitrogens with one attached hydrogen (secondary N) is 1. The first-order chi connectivity index (χ1) is 9.65. The van der Waals surface area contributed by atoms with E-state index in [-0.39, 0.29) is 5.91 Å². The van der Waals surface area contributed by atoms with Crippen molar-refractivity contribution in [2.45, 2.75) is 0 Å². The van der Waals surface area contributed by atoms with Crippen molar-refractivity contribution in [3.8, 4) is 11.5 Å². The number of carbonyl (C=O) groups is 1. The molecule has 0 aliphatic heterocycles. The maximum absolute atomic E-state index is 12.3. The van der Waals surface area contributed by atoms with Crippen molar-refractivity contribution in [3.05, 3.63) is 53.1 Å². The summed E-state index contributed by atoms with van der Waals surface area (Å²) in [6, 6.07) is 12.0. The molecule has 0 heterocycles. The Morgan fingerprint density at radius 1 is 1.05 bits per heavy atom. The summed E-state index contributed by atoms with van der Waals surface area (Å²) in [6.45, 7) is 0. The average Bonchev–Trinajstić information content (AvgIpc) is 2.47. The number of halogens is 1. The van der Waals surface area contributed by atoms with Crippen LogP contribution in [0.4, 0.5) is 5.69 Å². The average molecular weight is 292 g/mol. The minimum Gasteiger partial charge on any atom is -0.496 e. The third-order valence-electron chi connectivity index (χ3n) is 2.76. The number of hydrogen-bond donors (Lipinski definition) is 1. The highest BCUT2D eigenvalue weighted by Crippen LogP contribution is 2.27. The highest BCUT2D eigenvalue weighted by molar-refractivity contribution is 6.31. The van der Waals surface area contributed by atoms with E-state index in [1.165, 1.54) is 7.11 Å². The summed E-state index contributed by atoms with van der Waals surface area (Å²) in [5.74, 6) is 0.734. The van der Waals surface area contributed by atoms with Crippen LogP contribution in [0.15, 0.2) is 42.5 Å². The van der Waals surface area contributed by atoms with Gasteiger partial charge in [-0.2, -0.15) is 0 Å². The summed E-state index contributed by atoms with van der Waals surface area (Å²) in [7, 11) is 3.05. The van der Waals surface area contributed by atoms with Gasteiger partial charge in [0.25, 0.3) is 5.91 Å². The van der Waals surface area contributed by atoms with Crippen molar-refractivity contribution >= 4 is 23.2 Å². The van der Waals surface area contributed by atoms with Crippen LogP contribution in [0.2, 0.25) is 5.02 Å². The first-order valence-corrected chi connectivity index (χ1v) is 6.31. The number of benzene rings is 2. The van der Waals surface area contributed by atoms with Gasteiger partial charge >= 0.3 is 0 Å². The normalized spacial score (nSPS) is 9.95. The van der Waals surface area contributed by atoms with E-state index in [9.17, 15) is 4.79 Å². The van der Waals surface area contributed by atoms with Crippen LogP contribution >= 0.6 is 11.6 Å². The fourth-order valence-electron chi connectivity index (χ4n) is 1.80. The van der Waals surface area contributed by atoms with Crippen LogP contribution in [-0.4, -0.2) is 20.1 Å². The van der Waals surface area contributed by atoms with Crippen molar-refractivity contribution in [1.29, 1.82) is 0 Å². The second kappa shape index (κ2) is 6.30. The van der Waals surface area contributed by atoms with Crippen LogP contribution in [-0.2, 0) is 0 Å². The summed E-state index contributed by atoms with van der Waals surface area (Å²) in [6.07, 6.45) is 0. The number of methoxy groups -OCH3 is 2. The minimum atomic E-state index is -0.311. The lowest BCUT2D eigenvalue weighted by atomic mass is 10.1. The Balaban J connectivity index is 2.30. The number of hydrogen-bond acceptors (Lipinski definition) is 3. The predicted octanol–water partition coefficient (Wildman–Crippen LogP) is 3.61. The summed E-state index contributed by atoms with van der Waals surface area (Å²) in [5, 5.41) is 3.25. The second-order valence-electron chi connectivity index (χ2n) is 4.00. The molecule has 0 aliphatic carbocycles. The molecule has 2 rings (SSSR count). The number of ether oxygens (including phenoxy) is 2. The van der Waals surface area contributed by atoms with Crippen molar-refractivity contribution in [2.75, 3.05) is 19.5 Å². The second-order valence-corrected chi connectivity index (χ2v) is 4.44. The van der Waals surface area contributed by atoms with Gasteiger partial charge in [-0.25, -0.2) is 0 Å². The van der Waals surface area contributed by atoms with Crippen LogP contribution < -0.4 is 14.8 Å². The third-order valence-corrected chi connectivity index (χ3v) is 3.00. The molecule has 104 valence electrons. The molecule has 0 fully saturated rings. The van der Waals surface area contributed by atoms with Gasteiger partial charge in [0.15, 0.2) is 0 Å². The number of para-hydroxylation sites is 2. The van der Waals surface area contributed by atoms with Crippen LogP contribution in [0.25, 0.3) is 0 Å². The van der Waals surface area contributed by atoms with Crippen LogP contribution in [0.1, 0.15) is 10.4 Å². The van der Waals surface area contributed by atoms with Gasteiger partial charge in [-0.1, -0.05) is 23.7 Å². The van der Waals surface area contributed by atoms with E-state index in [1.54, 1.807) is 37.4 Å². The molecule has 4 nitrogen and oxygen atoms in total. The van der Waals surface area contributed by atoms with Gasteiger partial charge in [0.1, 0.15) is 11.5 Å². The van der Waals surface area contributed by atoms with E-state index < -0.39 is 0 Å². The molecule has 20 heavy (non-hydrogen) atoms. The summed E-state index contributed by atoms with van der Waals surface area (Å²) >= 11 is 5.92. The molecule has 0 aromatic heterocycles. The molecule has 2 aromatic rings. The largest absolute Gasteiger partial charge is 0.496 e. The summed E-state index contributed by atoms with van der Waals surface area (Å²) < 4.78 is 10.4. The maximum atomic E-state index is 12.3. The van der Waals surface area contributed by atoms with E-state index >= 15 is 0 Å². The molecule has 0 bridgehead atoms. The standard InChI is InChI=1S/C15H14ClNO3/c1-19-13-8-7-10(16)9-11(13)15(18)17-12-5-3-4-6-14(12)20-2/h3-9H,1-2H3,(H,17,18). The van der Waals surface area contributed by atoms with Gasteiger partial charge in [-0.05, 0) is 30.3 Å². The quantitative estimate of drug-likeness (QED) is 0.936. The number of rotatable bonds is 4. The van der Waals surface area contributed by atoms with Gasteiger partial charge in [-0.3, -0.25) is 4.79 Å². The predicted molar refractivity (Wildman–Crippen MR) is 79.0 cm³/mol. The molecule has 0 spiro atoms. The van der Waals surface area contributed by atoms with Crippen LogP contribution in [0.3, 0.4) is 0 Å². The molecule has 0 unspecified atom stereocenters. The molecule has 0 radical (unpaired) electrons. The molecule has 1 amide bonds. The van der Waals surface area contributed by atoms with Crippen LogP contribution in [0.5, 0.6) is 11.5 Å². The van der Waals surface area contributed by atoms with Gasteiger partial charge in [0, 0.05) is 5.02 Å².